The Morgan fingerprint density at radius 3 is 2.74 bits per heavy atom. The second-order valence-corrected chi connectivity index (χ2v) is 5.52. The number of fused-ring (bicyclic) bond motifs is 1. The standard InChI is InChI=1S/C17H15ClN4O/c1-11-15(18)16(22(2)21-11)17(23)20-19-10-13-8-5-7-12-6-3-4-9-14(12)13/h3-10H,1-2H3,(H,20,23). The topological polar surface area (TPSA) is 59.3 Å². The van der Waals surface area contributed by atoms with Crippen LogP contribution in [0.3, 0.4) is 0 Å². The van der Waals surface area contributed by atoms with Gasteiger partial charge in [-0.2, -0.15) is 10.2 Å². The molecule has 3 rings (SSSR count). The van der Waals surface area contributed by atoms with Crippen LogP contribution in [0.5, 0.6) is 0 Å². The van der Waals surface area contributed by atoms with Crippen molar-refractivity contribution in [2.24, 2.45) is 12.1 Å². The second kappa shape index (κ2) is 6.22. The van der Waals surface area contributed by atoms with Crippen LogP contribution in [0.25, 0.3) is 10.8 Å². The molecule has 1 aromatic heterocycles. The van der Waals surface area contributed by atoms with Gasteiger partial charge in [0.25, 0.3) is 5.91 Å². The van der Waals surface area contributed by atoms with E-state index in [1.807, 2.05) is 42.5 Å². The number of hydrazone groups is 1. The summed E-state index contributed by atoms with van der Waals surface area (Å²) in [5.74, 6) is -0.394. The van der Waals surface area contributed by atoms with Gasteiger partial charge in [0.2, 0.25) is 0 Å². The van der Waals surface area contributed by atoms with Gasteiger partial charge in [-0.1, -0.05) is 54.1 Å². The molecule has 23 heavy (non-hydrogen) atoms. The number of aromatic nitrogens is 2. The van der Waals surface area contributed by atoms with Crippen molar-refractivity contribution in [1.29, 1.82) is 0 Å². The molecule has 0 radical (unpaired) electrons. The van der Waals surface area contributed by atoms with Crippen molar-refractivity contribution in [3.63, 3.8) is 0 Å². The number of halogens is 1. The Balaban J connectivity index is 1.82. The van der Waals surface area contributed by atoms with E-state index in [1.54, 1.807) is 20.2 Å². The average molecular weight is 327 g/mol. The number of nitrogens with one attached hydrogen (secondary N) is 1. The first-order valence-electron chi connectivity index (χ1n) is 7.08. The molecule has 0 aliphatic heterocycles. The summed E-state index contributed by atoms with van der Waals surface area (Å²) in [4.78, 5) is 12.2. The minimum absolute atomic E-state index is 0.291. The van der Waals surface area contributed by atoms with Gasteiger partial charge in [0, 0.05) is 12.6 Å². The Hall–Kier alpha value is -2.66. The molecule has 0 saturated carbocycles. The third-order valence-electron chi connectivity index (χ3n) is 3.56. The van der Waals surface area contributed by atoms with Crippen molar-refractivity contribution in [2.75, 3.05) is 0 Å². The van der Waals surface area contributed by atoms with E-state index in [0.717, 1.165) is 16.3 Å². The molecule has 0 atom stereocenters. The first-order valence-corrected chi connectivity index (χ1v) is 7.46. The lowest BCUT2D eigenvalue weighted by atomic mass is 10.1. The van der Waals surface area contributed by atoms with Crippen molar-refractivity contribution in [3.8, 4) is 0 Å². The predicted molar refractivity (Wildman–Crippen MR) is 92.0 cm³/mol. The second-order valence-electron chi connectivity index (χ2n) is 5.14. The van der Waals surface area contributed by atoms with E-state index >= 15 is 0 Å². The van der Waals surface area contributed by atoms with E-state index in [4.69, 9.17) is 11.6 Å². The summed E-state index contributed by atoms with van der Waals surface area (Å²) in [7, 11) is 1.67. The zero-order valence-electron chi connectivity index (χ0n) is 12.7. The number of amides is 1. The molecule has 1 N–H and O–H groups in total. The summed E-state index contributed by atoms with van der Waals surface area (Å²) in [6.45, 7) is 1.75. The van der Waals surface area contributed by atoms with Crippen LogP contribution < -0.4 is 5.43 Å². The normalized spacial score (nSPS) is 11.3. The molecule has 1 heterocycles. The van der Waals surface area contributed by atoms with Crippen molar-refractivity contribution in [3.05, 3.63) is 64.4 Å². The van der Waals surface area contributed by atoms with Gasteiger partial charge in [0.15, 0.2) is 0 Å². The molecule has 2 aromatic carbocycles. The van der Waals surface area contributed by atoms with E-state index in [2.05, 4.69) is 15.6 Å². The average Bonchev–Trinajstić information content (AvgIpc) is 2.80. The molecular formula is C17H15ClN4O. The molecule has 0 aliphatic rings. The number of aryl methyl sites for hydroxylation is 2. The first-order chi connectivity index (χ1) is 11.1. The van der Waals surface area contributed by atoms with Gasteiger partial charge in [-0.05, 0) is 17.7 Å². The summed E-state index contributed by atoms with van der Waals surface area (Å²) >= 11 is 6.09. The van der Waals surface area contributed by atoms with Crippen LogP contribution in [-0.4, -0.2) is 21.9 Å². The molecule has 6 heteroatoms. The molecule has 0 unspecified atom stereocenters. The Bertz CT molecular complexity index is 909. The maximum Gasteiger partial charge on any atom is 0.291 e. The predicted octanol–water partition coefficient (Wildman–Crippen LogP) is 3.30. The van der Waals surface area contributed by atoms with Crippen LogP contribution in [0.4, 0.5) is 0 Å². The molecule has 3 aromatic rings. The maximum absolute atomic E-state index is 12.2. The summed E-state index contributed by atoms with van der Waals surface area (Å²) in [6.07, 6.45) is 1.62. The molecule has 0 saturated heterocycles. The molecule has 0 aliphatic carbocycles. The maximum atomic E-state index is 12.2. The van der Waals surface area contributed by atoms with Gasteiger partial charge in [0.05, 0.1) is 16.9 Å². The summed E-state index contributed by atoms with van der Waals surface area (Å²) in [5, 5.41) is 10.7. The Morgan fingerprint density at radius 2 is 2.00 bits per heavy atom. The Kier molecular flexibility index (Phi) is 4.12. The molecule has 116 valence electrons. The molecule has 0 fully saturated rings. The fourth-order valence-corrected chi connectivity index (χ4v) is 2.70. The van der Waals surface area contributed by atoms with Gasteiger partial charge in [0.1, 0.15) is 5.69 Å². The quantitative estimate of drug-likeness (QED) is 0.593. The number of carbonyl (C=O) groups excluding carboxylic acids is 1. The van der Waals surface area contributed by atoms with Crippen molar-refractivity contribution >= 4 is 34.5 Å². The van der Waals surface area contributed by atoms with Crippen molar-refractivity contribution < 1.29 is 4.79 Å². The highest BCUT2D eigenvalue weighted by Crippen LogP contribution is 2.19. The van der Waals surface area contributed by atoms with Gasteiger partial charge in [-0.3, -0.25) is 9.48 Å². The third-order valence-corrected chi connectivity index (χ3v) is 4.01. The summed E-state index contributed by atoms with van der Waals surface area (Å²) in [6, 6.07) is 13.9. The van der Waals surface area contributed by atoms with E-state index in [1.165, 1.54) is 4.68 Å². The number of hydrogen-bond donors (Lipinski definition) is 1. The van der Waals surface area contributed by atoms with Crippen LogP contribution in [0.2, 0.25) is 5.02 Å². The number of nitrogens with zero attached hydrogens (tertiary/aromatic N) is 3. The minimum atomic E-state index is -0.394. The number of benzene rings is 2. The fraction of sp³-hybridized carbons (Fsp3) is 0.118. The lowest BCUT2D eigenvalue weighted by Gasteiger charge is -2.03. The molecule has 0 spiro atoms. The minimum Gasteiger partial charge on any atom is -0.266 e. The Morgan fingerprint density at radius 1 is 1.26 bits per heavy atom. The summed E-state index contributed by atoms with van der Waals surface area (Å²) < 4.78 is 1.44. The molecule has 1 amide bonds. The van der Waals surface area contributed by atoms with E-state index < -0.39 is 5.91 Å². The number of carbonyl (C=O) groups is 1. The van der Waals surface area contributed by atoms with E-state index in [9.17, 15) is 4.79 Å². The smallest absolute Gasteiger partial charge is 0.266 e. The van der Waals surface area contributed by atoms with Crippen molar-refractivity contribution in [2.45, 2.75) is 6.92 Å². The lowest BCUT2D eigenvalue weighted by Crippen LogP contribution is -2.21. The largest absolute Gasteiger partial charge is 0.291 e. The molecule has 0 bridgehead atoms. The van der Waals surface area contributed by atoms with Crippen LogP contribution in [0.15, 0.2) is 47.6 Å². The Labute approximate surface area is 138 Å². The van der Waals surface area contributed by atoms with Crippen LogP contribution >= 0.6 is 11.6 Å². The molecular weight excluding hydrogens is 312 g/mol. The zero-order valence-corrected chi connectivity index (χ0v) is 13.5. The first kappa shape index (κ1) is 15.2. The zero-order chi connectivity index (χ0) is 16.4. The number of rotatable bonds is 3. The van der Waals surface area contributed by atoms with Gasteiger partial charge in [-0.15, -0.1) is 0 Å². The van der Waals surface area contributed by atoms with Gasteiger partial charge in [-0.25, -0.2) is 5.43 Å². The van der Waals surface area contributed by atoms with E-state index in [0.29, 0.717) is 16.4 Å². The molecule has 5 nitrogen and oxygen atoms in total. The monoisotopic (exact) mass is 326 g/mol. The summed E-state index contributed by atoms with van der Waals surface area (Å²) in [5.41, 5.74) is 4.32. The lowest BCUT2D eigenvalue weighted by molar-refractivity contribution is 0.0946. The third kappa shape index (κ3) is 2.96. The van der Waals surface area contributed by atoms with Crippen LogP contribution in [0, 0.1) is 6.92 Å². The number of hydrogen-bond acceptors (Lipinski definition) is 3. The fourth-order valence-electron chi connectivity index (χ4n) is 2.46. The van der Waals surface area contributed by atoms with Crippen LogP contribution in [-0.2, 0) is 7.05 Å². The van der Waals surface area contributed by atoms with Gasteiger partial charge < -0.3 is 0 Å². The highest BCUT2D eigenvalue weighted by Gasteiger charge is 2.17. The van der Waals surface area contributed by atoms with Crippen molar-refractivity contribution in [1.82, 2.24) is 15.2 Å². The highest BCUT2D eigenvalue weighted by atomic mass is 35.5. The SMILES string of the molecule is Cc1nn(C)c(C(=O)NN=Cc2cccc3ccccc23)c1Cl. The highest BCUT2D eigenvalue weighted by molar-refractivity contribution is 6.34. The van der Waals surface area contributed by atoms with Crippen LogP contribution in [0.1, 0.15) is 21.7 Å². The van der Waals surface area contributed by atoms with E-state index in [-0.39, 0.29) is 0 Å². The van der Waals surface area contributed by atoms with Gasteiger partial charge >= 0.3 is 0 Å².